The highest BCUT2D eigenvalue weighted by Crippen LogP contribution is 2.35. The molecule has 4 N–H and O–H groups in total. The Morgan fingerprint density at radius 1 is 1.24 bits per heavy atom. The Hall–Kier alpha value is -1.75. The van der Waals surface area contributed by atoms with E-state index in [-0.39, 0.29) is 12.2 Å². The van der Waals surface area contributed by atoms with Gasteiger partial charge in [-0.2, -0.15) is 0 Å². The van der Waals surface area contributed by atoms with Crippen LogP contribution in [0.25, 0.3) is 0 Å². The predicted molar refractivity (Wildman–Crippen MR) is 80.5 cm³/mol. The number of carbonyl (C=O) groups is 1. The summed E-state index contributed by atoms with van der Waals surface area (Å²) in [5.74, 6) is -1.06. The van der Waals surface area contributed by atoms with Crippen LogP contribution in [-0.2, 0) is 23.7 Å². The third-order valence-electron chi connectivity index (χ3n) is 4.39. The third-order valence-corrected chi connectivity index (χ3v) is 4.39. The summed E-state index contributed by atoms with van der Waals surface area (Å²) in [5.41, 5.74) is 0.872. The van der Waals surface area contributed by atoms with Crippen molar-refractivity contribution in [3.63, 3.8) is 0 Å². The minimum atomic E-state index is -1.56. The van der Waals surface area contributed by atoms with E-state index < -0.39 is 55.5 Å². The second-order valence-electron chi connectivity index (χ2n) is 5.89. The summed E-state index contributed by atoms with van der Waals surface area (Å²) in [7, 11) is 0. The second-order valence-corrected chi connectivity index (χ2v) is 5.89. The van der Waals surface area contributed by atoms with Gasteiger partial charge in [0.25, 0.3) is 0 Å². The number of cyclic esters (lactones) is 1. The number of carbonyl (C=O) groups excluding carboxylic acids is 1. The van der Waals surface area contributed by atoms with Gasteiger partial charge >= 0.3 is 5.97 Å². The molecule has 3 aliphatic rings. The van der Waals surface area contributed by atoms with Crippen molar-refractivity contribution >= 4 is 5.97 Å². The lowest BCUT2D eigenvalue weighted by Gasteiger charge is -2.42. The summed E-state index contributed by atoms with van der Waals surface area (Å²) in [5, 5.41) is 38.9. The van der Waals surface area contributed by atoms with Gasteiger partial charge in [0, 0.05) is 0 Å². The SMILES string of the molecule is C=C[C@H]1C2=CCOC(=O)C2=CO[C@H]1O[C@H]1O[C@@H](CO)[C@H](O)[C@@H](O)[C@@H]1O. The molecular weight excluding hydrogens is 336 g/mol. The van der Waals surface area contributed by atoms with Crippen LogP contribution in [0.3, 0.4) is 0 Å². The lowest BCUT2D eigenvalue weighted by atomic mass is 9.89. The summed E-state index contributed by atoms with van der Waals surface area (Å²) in [6, 6.07) is 0. The third kappa shape index (κ3) is 3.22. The molecular formula is C16H20O9. The highest BCUT2D eigenvalue weighted by Gasteiger charge is 2.46. The first-order chi connectivity index (χ1) is 12.0. The van der Waals surface area contributed by atoms with Crippen LogP contribution in [-0.4, -0.2) is 76.6 Å². The van der Waals surface area contributed by atoms with Crippen LogP contribution < -0.4 is 0 Å². The van der Waals surface area contributed by atoms with Crippen LogP contribution in [0, 0.1) is 5.92 Å². The van der Waals surface area contributed by atoms with Crippen molar-refractivity contribution in [3.8, 4) is 0 Å². The van der Waals surface area contributed by atoms with Gasteiger partial charge in [-0.3, -0.25) is 0 Å². The molecule has 0 spiro atoms. The van der Waals surface area contributed by atoms with E-state index in [4.69, 9.17) is 18.9 Å². The van der Waals surface area contributed by atoms with Crippen molar-refractivity contribution in [1.82, 2.24) is 0 Å². The molecule has 0 aromatic heterocycles. The summed E-state index contributed by atoms with van der Waals surface area (Å²) in [4.78, 5) is 11.8. The van der Waals surface area contributed by atoms with E-state index in [1.54, 1.807) is 6.08 Å². The Balaban J connectivity index is 1.78. The van der Waals surface area contributed by atoms with Crippen molar-refractivity contribution in [2.45, 2.75) is 37.0 Å². The first-order valence-electron chi connectivity index (χ1n) is 7.79. The van der Waals surface area contributed by atoms with E-state index >= 15 is 0 Å². The number of aliphatic hydroxyl groups excluding tert-OH is 4. The maximum absolute atomic E-state index is 11.8. The van der Waals surface area contributed by atoms with Gasteiger partial charge in [0.15, 0.2) is 6.29 Å². The molecule has 0 saturated carbocycles. The van der Waals surface area contributed by atoms with Crippen molar-refractivity contribution < 1.29 is 44.2 Å². The minimum absolute atomic E-state index is 0.114. The first-order valence-corrected chi connectivity index (χ1v) is 7.79. The minimum Gasteiger partial charge on any atom is -0.471 e. The second kappa shape index (κ2) is 7.24. The molecule has 7 atom stereocenters. The molecule has 3 aliphatic heterocycles. The monoisotopic (exact) mass is 356 g/mol. The van der Waals surface area contributed by atoms with Gasteiger partial charge in [0.2, 0.25) is 6.29 Å². The molecule has 3 heterocycles. The first kappa shape index (κ1) is 18.1. The number of esters is 1. The summed E-state index contributed by atoms with van der Waals surface area (Å²) < 4.78 is 21.2. The number of ether oxygens (including phenoxy) is 4. The van der Waals surface area contributed by atoms with Gasteiger partial charge in [-0.15, -0.1) is 6.58 Å². The number of fused-ring (bicyclic) bond motifs is 1. The smallest absolute Gasteiger partial charge is 0.341 e. The molecule has 25 heavy (non-hydrogen) atoms. The summed E-state index contributed by atoms with van der Waals surface area (Å²) in [6.07, 6.45) is -3.61. The van der Waals surface area contributed by atoms with E-state index in [9.17, 15) is 25.2 Å². The van der Waals surface area contributed by atoms with Crippen LogP contribution in [0.5, 0.6) is 0 Å². The van der Waals surface area contributed by atoms with Gasteiger partial charge < -0.3 is 39.4 Å². The molecule has 0 bridgehead atoms. The normalized spacial score (nSPS) is 41.0. The Labute approximate surface area is 143 Å². The van der Waals surface area contributed by atoms with Crippen molar-refractivity contribution in [3.05, 3.63) is 36.1 Å². The Bertz CT molecular complexity index is 596. The summed E-state index contributed by atoms with van der Waals surface area (Å²) in [6.45, 7) is 3.25. The summed E-state index contributed by atoms with van der Waals surface area (Å²) >= 11 is 0. The molecule has 9 heteroatoms. The largest absolute Gasteiger partial charge is 0.471 e. The fourth-order valence-corrected chi connectivity index (χ4v) is 2.98. The Morgan fingerprint density at radius 2 is 2.00 bits per heavy atom. The van der Waals surface area contributed by atoms with Crippen molar-refractivity contribution in [2.75, 3.05) is 13.2 Å². The van der Waals surface area contributed by atoms with Gasteiger partial charge in [-0.1, -0.05) is 6.08 Å². The molecule has 0 aromatic carbocycles. The zero-order valence-corrected chi connectivity index (χ0v) is 13.2. The fourth-order valence-electron chi connectivity index (χ4n) is 2.98. The lowest BCUT2D eigenvalue weighted by Crippen LogP contribution is -2.60. The van der Waals surface area contributed by atoms with Gasteiger partial charge in [0.1, 0.15) is 37.3 Å². The highest BCUT2D eigenvalue weighted by atomic mass is 16.8. The predicted octanol–water partition coefficient (Wildman–Crippen LogP) is -1.67. The lowest BCUT2D eigenvalue weighted by molar-refractivity contribution is -0.336. The Morgan fingerprint density at radius 3 is 2.68 bits per heavy atom. The van der Waals surface area contributed by atoms with Gasteiger partial charge in [0.05, 0.1) is 18.1 Å². The molecule has 1 saturated heterocycles. The molecule has 3 rings (SSSR count). The standard InChI is InChI=1S/C16H20O9/c1-2-7-8-3-4-22-14(21)9(8)6-23-15(7)25-16-13(20)12(19)11(18)10(5-17)24-16/h2-3,6-7,10-13,15-20H,1,4-5H2/t7-,10-,11-,12+,13-,15-,16+/m0/s1. The highest BCUT2D eigenvalue weighted by molar-refractivity contribution is 5.94. The van der Waals surface area contributed by atoms with Gasteiger partial charge in [-0.05, 0) is 11.6 Å². The quantitative estimate of drug-likeness (QED) is 0.344. The zero-order valence-electron chi connectivity index (χ0n) is 13.2. The molecule has 0 radical (unpaired) electrons. The Kier molecular flexibility index (Phi) is 5.23. The van der Waals surface area contributed by atoms with Crippen LogP contribution in [0.4, 0.5) is 0 Å². The van der Waals surface area contributed by atoms with E-state index in [2.05, 4.69) is 6.58 Å². The molecule has 9 nitrogen and oxygen atoms in total. The topological polar surface area (TPSA) is 135 Å². The zero-order chi connectivity index (χ0) is 18.1. The average molecular weight is 356 g/mol. The molecule has 1 fully saturated rings. The molecule has 0 aliphatic carbocycles. The van der Waals surface area contributed by atoms with Crippen molar-refractivity contribution in [2.24, 2.45) is 5.92 Å². The van der Waals surface area contributed by atoms with Crippen LogP contribution in [0.15, 0.2) is 36.1 Å². The van der Waals surface area contributed by atoms with E-state index in [1.165, 1.54) is 12.3 Å². The number of hydrogen-bond donors (Lipinski definition) is 4. The number of rotatable bonds is 4. The van der Waals surface area contributed by atoms with Crippen LogP contribution in [0.1, 0.15) is 0 Å². The fraction of sp³-hybridized carbons (Fsp3) is 0.562. The number of aliphatic hydroxyl groups is 4. The van der Waals surface area contributed by atoms with Crippen molar-refractivity contribution in [1.29, 1.82) is 0 Å². The van der Waals surface area contributed by atoms with E-state index in [0.29, 0.717) is 5.57 Å². The maximum atomic E-state index is 11.8. The van der Waals surface area contributed by atoms with E-state index in [0.717, 1.165) is 0 Å². The maximum Gasteiger partial charge on any atom is 0.341 e. The molecule has 0 aromatic rings. The molecule has 0 unspecified atom stereocenters. The molecule has 0 amide bonds. The molecule has 138 valence electrons. The van der Waals surface area contributed by atoms with Crippen LogP contribution >= 0.6 is 0 Å². The van der Waals surface area contributed by atoms with Crippen LogP contribution in [0.2, 0.25) is 0 Å². The average Bonchev–Trinajstić information content (AvgIpc) is 2.62. The van der Waals surface area contributed by atoms with Gasteiger partial charge in [-0.25, -0.2) is 4.79 Å². The van der Waals surface area contributed by atoms with E-state index in [1.807, 2.05) is 0 Å². The number of hydrogen-bond acceptors (Lipinski definition) is 9.